The molecule has 1 aliphatic carbocycles. The maximum Gasteiger partial charge on any atom is 0.239 e. The van der Waals surface area contributed by atoms with Crippen LogP contribution in [-0.4, -0.2) is 37.0 Å². The van der Waals surface area contributed by atoms with Gasteiger partial charge in [0, 0.05) is 6.04 Å². The lowest BCUT2D eigenvalue weighted by atomic mass is 10.0. The molecule has 1 saturated heterocycles. The maximum absolute atomic E-state index is 11.9. The van der Waals surface area contributed by atoms with Crippen LogP contribution in [0.1, 0.15) is 44.9 Å². The van der Waals surface area contributed by atoms with Gasteiger partial charge >= 0.3 is 0 Å². The molecule has 0 spiro atoms. The van der Waals surface area contributed by atoms with Crippen molar-refractivity contribution in [1.82, 2.24) is 16.0 Å². The van der Waals surface area contributed by atoms with E-state index in [1.165, 1.54) is 12.8 Å². The van der Waals surface area contributed by atoms with Crippen molar-refractivity contribution in [3.63, 3.8) is 0 Å². The van der Waals surface area contributed by atoms with Gasteiger partial charge in [-0.05, 0) is 32.2 Å². The van der Waals surface area contributed by atoms with E-state index in [0.717, 1.165) is 38.6 Å². The molecule has 1 atom stereocenters. The molecule has 1 heterocycles. The molecule has 1 unspecified atom stereocenters. The van der Waals surface area contributed by atoms with Crippen molar-refractivity contribution < 1.29 is 9.59 Å². The zero-order valence-electron chi connectivity index (χ0n) is 10.8. The fourth-order valence-corrected chi connectivity index (χ4v) is 2.23. The topological polar surface area (TPSA) is 70.2 Å². The van der Waals surface area contributed by atoms with Crippen molar-refractivity contribution in [3.05, 3.63) is 0 Å². The molecule has 0 radical (unpaired) electrons. The van der Waals surface area contributed by atoms with Crippen molar-refractivity contribution in [1.29, 1.82) is 0 Å². The molecule has 0 aromatic carbocycles. The van der Waals surface area contributed by atoms with Gasteiger partial charge in [-0.1, -0.05) is 19.3 Å². The first-order valence-electron chi connectivity index (χ1n) is 7.06. The number of carbonyl (C=O) groups is 2. The van der Waals surface area contributed by atoms with Gasteiger partial charge in [-0.15, -0.1) is 0 Å². The van der Waals surface area contributed by atoms with Crippen LogP contribution in [0.4, 0.5) is 0 Å². The molecule has 0 aromatic rings. The third-order valence-corrected chi connectivity index (χ3v) is 3.49. The Balaban J connectivity index is 1.66. The first-order valence-corrected chi connectivity index (χ1v) is 7.06. The summed E-state index contributed by atoms with van der Waals surface area (Å²) in [5.41, 5.74) is 0. The molecule has 1 saturated carbocycles. The Morgan fingerprint density at radius 1 is 1.06 bits per heavy atom. The summed E-state index contributed by atoms with van der Waals surface area (Å²) < 4.78 is 0. The van der Waals surface area contributed by atoms with Crippen molar-refractivity contribution in [3.8, 4) is 0 Å². The Morgan fingerprint density at radius 3 is 2.61 bits per heavy atom. The number of carbonyl (C=O) groups excluding carboxylic acids is 2. The first kappa shape index (κ1) is 13.3. The van der Waals surface area contributed by atoms with Gasteiger partial charge in [0.05, 0.1) is 12.6 Å². The average Bonchev–Trinajstić information content (AvgIpc) is 3.09. The van der Waals surface area contributed by atoms with Crippen LogP contribution < -0.4 is 16.0 Å². The van der Waals surface area contributed by atoms with Gasteiger partial charge in [-0.3, -0.25) is 9.59 Å². The van der Waals surface area contributed by atoms with E-state index >= 15 is 0 Å². The highest BCUT2D eigenvalue weighted by atomic mass is 16.2. The molecule has 2 aliphatic rings. The summed E-state index contributed by atoms with van der Waals surface area (Å²) in [6.07, 6.45) is 7.67. The molecular weight excluding hydrogens is 230 g/mol. The molecule has 1 aliphatic heterocycles. The molecule has 5 nitrogen and oxygen atoms in total. The molecule has 3 N–H and O–H groups in total. The van der Waals surface area contributed by atoms with E-state index in [-0.39, 0.29) is 24.4 Å². The monoisotopic (exact) mass is 253 g/mol. The van der Waals surface area contributed by atoms with Crippen LogP contribution in [0, 0.1) is 0 Å². The minimum atomic E-state index is -0.126. The molecule has 2 rings (SSSR count). The molecule has 18 heavy (non-hydrogen) atoms. The van der Waals surface area contributed by atoms with Gasteiger partial charge in [0.2, 0.25) is 11.8 Å². The second-order valence-corrected chi connectivity index (χ2v) is 5.27. The van der Waals surface area contributed by atoms with E-state index < -0.39 is 0 Å². The minimum absolute atomic E-state index is 0.0390. The van der Waals surface area contributed by atoms with Crippen LogP contribution >= 0.6 is 0 Å². The predicted molar refractivity (Wildman–Crippen MR) is 69.1 cm³/mol. The van der Waals surface area contributed by atoms with Crippen LogP contribution in [0.3, 0.4) is 0 Å². The molecule has 2 fully saturated rings. The average molecular weight is 253 g/mol. The summed E-state index contributed by atoms with van der Waals surface area (Å²) in [5.74, 6) is -0.112. The van der Waals surface area contributed by atoms with Crippen molar-refractivity contribution >= 4 is 11.8 Å². The first-order chi connectivity index (χ1) is 8.75. The number of amides is 2. The summed E-state index contributed by atoms with van der Waals surface area (Å²) in [6, 6.07) is 0.230. The molecule has 102 valence electrons. The summed E-state index contributed by atoms with van der Waals surface area (Å²) in [7, 11) is 0. The highest BCUT2D eigenvalue weighted by Crippen LogP contribution is 2.18. The van der Waals surface area contributed by atoms with Crippen LogP contribution in [-0.2, 0) is 9.59 Å². The summed E-state index contributed by atoms with van der Waals surface area (Å²) in [4.78, 5) is 23.4. The van der Waals surface area contributed by atoms with E-state index in [1.54, 1.807) is 0 Å². The predicted octanol–water partition coefficient (Wildman–Crippen LogP) is 0.303. The second kappa shape index (κ2) is 6.73. The largest absolute Gasteiger partial charge is 0.352 e. The van der Waals surface area contributed by atoms with Gasteiger partial charge in [0.1, 0.15) is 0 Å². The molecule has 5 heteroatoms. The van der Waals surface area contributed by atoms with Gasteiger partial charge in [-0.25, -0.2) is 0 Å². The number of hydrogen-bond donors (Lipinski definition) is 3. The summed E-state index contributed by atoms with van der Waals surface area (Å²) in [5, 5.41) is 8.83. The molecule has 0 aromatic heterocycles. The second-order valence-electron chi connectivity index (χ2n) is 5.27. The maximum atomic E-state index is 11.9. The highest BCUT2D eigenvalue weighted by molar-refractivity contribution is 5.87. The number of hydrogen-bond acceptors (Lipinski definition) is 3. The van der Waals surface area contributed by atoms with Gasteiger partial charge in [-0.2, -0.15) is 0 Å². The Bertz CT molecular complexity index is 295. The van der Waals surface area contributed by atoms with Crippen LogP contribution in [0.5, 0.6) is 0 Å². The normalized spacial score (nSPS) is 24.8. The Morgan fingerprint density at radius 2 is 1.83 bits per heavy atom. The lowest BCUT2D eigenvalue weighted by molar-refractivity contribution is -0.127. The van der Waals surface area contributed by atoms with Gasteiger partial charge in [0.25, 0.3) is 0 Å². The van der Waals surface area contributed by atoms with Gasteiger partial charge < -0.3 is 16.0 Å². The van der Waals surface area contributed by atoms with E-state index in [4.69, 9.17) is 0 Å². The van der Waals surface area contributed by atoms with Crippen molar-refractivity contribution in [2.24, 2.45) is 0 Å². The number of rotatable bonds is 4. The third kappa shape index (κ3) is 4.64. The van der Waals surface area contributed by atoms with E-state index in [1.807, 2.05) is 0 Å². The Hall–Kier alpha value is -1.10. The van der Waals surface area contributed by atoms with Crippen molar-refractivity contribution in [2.75, 3.05) is 13.1 Å². The van der Waals surface area contributed by atoms with Crippen LogP contribution in [0.15, 0.2) is 0 Å². The van der Waals surface area contributed by atoms with Crippen LogP contribution in [0.2, 0.25) is 0 Å². The quantitative estimate of drug-likeness (QED) is 0.675. The minimum Gasteiger partial charge on any atom is -0.352 e. The summed E-state index contributed by atoms with van der Waals surface area (Å²) in [6.45, 7) is 1.000. The smallest absolute Gasteiger partial charge is 0.239 e. The number of nitrogens with one attached hydrogen (secondary N) is 3. The standard InChI is InChI=1S/C13H23N3O2/c17-12(16-10-6-7-10)9-15-13(18)11-5-3-1-2-4-8-14-11/h10-11,14H,1-9H2,(H,15,18)(H,16,17). The van der Waals surface area contributed by atoms with E-state index in [2.05, 4.69) is 16.0 Å². The third-order valence-electron chi connectivity index (χ3n) is 3.49. The zero-order valence-corrected chi connectivity index (χ0v) is 10.8. The lowest BCUT2D eigenvalue weighted by Crippen LogP contribution is -2.48. The highest BCUT2D eigenvalue weighted by Gasteiger charge is 2.24. The zero-order chi connectivity index (χ0) is 12.8. The van der Waals surface area contributed by atoms with Crippen LogP contribution in [0.25, 0.3) is 0 Å². The lowest BCUT2D eigenvalue weighted by Gasteiger charge is -2.20. The van der Waals surface area contributed by atoms with E-state index in [9.17, 15) is 9.59 Å². The Labute approximate surface area is 108 Å². The van der Waals surface area contributed by atoms with Crippen molar-refractivity contribution in [2.45, 2.75) is 57.0 Å². The molecular formula is C13H23N3O2. The SMILES string of the molecule is O=C(CNC(=O)C1CCCCCCN1)NC1CC1. The summed E-state index contributed by atoms with van der Waals surface area (Å²) >= 11 is 0. The molecule has 2 amide bonds. The fraction of sp³-hybridized carbons (Fsp3) is 0.846. The Kier molecular flexibility index (Phi) is 4.99. The molecule has 0 bridgehead atoms. The fourth-order valence-electron chi connectivity index (χ4n) is 2.23. The van der Waals surface area contributed by atoms with Gasteiger partial charge in [0.15, 0.2) is 0 Å². The van der Waals surface area contributed by atoms with E-state index in [0.29, 0.717) is 6.04 Å².